The van der Waals surface area contributed by atoms with Crippen LogP contribution in [0.15, 0.2) is 10.8 Å². The first-order valence-corrected chi connectivity index (χ1v) is 7.55. The van der Waals surface area contributed by atoms with Crippen LogP contribution in [0.3, 0.4) is 0 Å². The lowest BCUT2D eigenvalue weighted by molar-refractivity contribution is 0.133. The highest BCUT2D eigenvalue weighted by Crippen LogP contribution is 2.31. The predicted molar refractivity (Wildman–Crippen MR) is 79.0 cm³/mol. The van der Waals surface area contributed by atoms with Gasteiger partial charge in [-0.05, 0) is 35.3 Å². The number of nitrogens with one attached hydrogen (secondary N) is 1. The van der Waals surface area contributed by atoms with Crippen molar-refractivity contribution in [2.45, 2.75) is 25.3 Å². The largest absolute Gasteiger partial charge is 0.353 e. The molecule has 0 bridgehead atoms. The Hall–Kier alpha value is -0.920. The van der Waals surface area contributed by atoms with Crippen LogP contribution in [0.2, 0.25) is 0 Å². The molecule has 1 atom stereocenters. The summed E-state index contributed by atoms with van der Waals surface area (Å²) in [5, 5.41) is 0. The number of piperazine rings is 1. The van der Waals surface area contributed by atoms with E-state index in [9.17, 15) is 0 Å². The lowest BCUT2D eigenvalue weighted by atomic mass is 9.99. The zero-order chi connectivity index (χ0) is 13.2. The first-order valence-electron chi connectivity index (χ1n) is 6.75. The summed E-state index contributed by atoms with van der Waals surface area (Å²) in [7, 11) is 0. The summed E-state index contributed by atoms with van der Waals surface area (Å²) in [6, 6.07) is 0.665. The third kappa shape index (κ3) is 2.54. The number of fused-ring (bicyclic) bond motifs is 1. The van der Waals surface area contributed by atoms with Crippen molar-refractivity contribution in [3.63, 3.8) is 0 Å². The van der Waals surface area contributed by atoms with Crippen LogP contribution < -0.4 is 16.2 Å². The summed E-state index contributed by atoms with van der Waals surface area (Å²) in [5.74, 6) is 7.03. The average molecular weight is 327 g/mol. The van der Waals surface area contributed by atoms with Crippen molar-refractivity contribution in [3.05, 3.63) is 10.8 Å². The number of nitrogens with two attached hydrogens (primary N) is 1. The monoisotopic (exact) mass is 326 g/mol. The minimum absolute atomic E-state index is 0.635. The Morgan fingerprint density at radius 1 is 1.26 bits per heavy atom. The van der Waals surface area contributed by atoms with Crippen LogP contribution in [0, 0.1) is 0 Å². The number of anilines is 2. The van der Waals surface area contributed by atoms with Gasteiger partial charge in [-0.3, -0.25) is 4.90 Å². The van der Waals surface area contributed by atoms with Gasteiger partial charge in [-0.25, -0.2) is 15.8 Å². The minimum atomic E-state index is 0.635. The molecule has 6 nitrogen and oxygen atoms in total. The van der Waals surface area contributed by atoms with Gasteiger partial charge >= 0.3 is 0 Å². The Labute approximate surface area is 121 Å². The summed E-state index contributed by atoms with van der Waals surface area (Å²) in [6.45, 7) is 4.42. The van der Waals surface area contributed by atoms with Gasteiger partial charge in [0.15, 0.2) is 5.82 Å². The van der Waals surface area contributed by atoms with Crippen molar-refractivity contribution in [2.75, 3.05) is 36.5 Å². The summed E-state index contributed by atoms with van der Waals surface area (Å²) in [5.41, 5.74) is 2.60. The number of nitrogen functional groups attached to an aromatic ring is 1. The standard InChI is InChI=1S/C12H19BrN6/c13-10-11(17-14)15-8-16-12(10)19-6-5-18-4-2-1-3-9(18)7-19/h8-9H,1-7,14H2,(H,15,16,17). The summed E-state index contributed by atoms with van der Waals surface area (Å²) < 4.78 is 0.849. The highest BCUT2D eigenvalue weighted by molar-refractivity contribution is 9.10. The number of aromatic nitrogens is 2. The van der Waals surface area contributed by atoms with Gasteiger partial charge in [0.2, 0.25) is 0 Å². The van der Waals surface area contributed by atoms with E-state index in [1.165, 1.54) is 25.8 Å². The Bertz CT molecular complexity index is 454. The highest BCUT2D eigenvalue weighted by Gasteiger charge is 2.30. The number of rotatable bonds is 2. The zero-order valence-electron chi connectivity index (χ0n) is 10.8. The summed E-state index contributed by atoms with van der Waals surface area (Å²) >= 11 is 3.54. The van der Waals surface area contributed by atoms with Gasteiger partial charge in [0.1, 0.15) is 16.6 Å². The van der Waals surface area contributed by atoms with E-state index >= 15 is 0 Å². The molecule has 3 heterocycles. The molecule has 1 unspecified atom stereocenters. The molecular formula is C12H19BrN6. The van der Waals surface area contributed by atoms with E-state index in [1.807, 2.05) is 0 Å². The molecule has 3 N–H and O–H groups in total. The molecule has 3 rings (SSSR count). The molecule has 7 heteroatoms. The molecule has 2 saturated heterocycles. The molecule has 2 fully saturated rings. The Balaban J connectivity index is 1.79. The molecule has 2 aliphatic heterocycles. The maximum atomic E-state index is 5.46. The maximum absolute atomic E-state index is 5.46. The van der Waals surface area contributed by atoms with Crippen molar-refractivity contribution < 1.29 is 0 Å². The van der Waals surface area contributed by atoms with E-state index in [2.05, 4.69) is 41.1 Å². The van der Waals surface area contributed by atoms with Crippen LogP contribution in [-0.4, -0.2) is 47.1 Å². The van der Waals surface area contributed by atoms with E-state index in [0.717, 1.165) is 29.9 Å². The van der Waals surface area contributed by atoms with Crippen molar-refractivity contribution in [3.8, 4) is 0 Å². The second kappa shape index (κ2) is 5.60. The van der Waals surface area contributed by atoms with Gasteiger partial charge in [0.25, 0.3) is 0 Å². The number of piperidine rings is 1. The van der Waals surface area contributed by atoms with E-state index in [1.54, 1.807) is 6.33 Å². The fourth-order valence-corrected chi connectivity index (χ4v) is 3.60. The normalized spacial score (nSPS) is 24.1. The number of hydrogen-bond acceptors (Lipinski definition) is 6. The molecule has 0 spiro atoms. The molecule has 19 heavy (non-hydrogen) atoms. The number of nitrogens with zero attached hydrogens (tertiary/aromatic N) is 4. The highest BCUT2D eigenvalue weighted by atomic mass is 79.9. The van der Waals surface area contributed by atoms with Crippen LogP contribution in [0.1, 0.15) is 19.3 Å². The van der Waals surface area contributed by atoms with Crippen molar-refractivity contribution in [1.82, 2.24) is 14.9 Å². The van der Waals surface area contributed by atoms with Crippen LogP contribution >= 0.6 is 15.9 Å². The van der Waals surface area contributed by atoms with Crippen LogP contribution in [0.5, 0.6) is 0 Å². The lowest BCUT2D eigenvalue weighted by Gasteiger charge is -2.44. The molecule has 1 aromatic rings. The van der Waals surface area contributed by atoms with E-state index in [-0.39, 0.29) is 0 Å². The molecule has 2 aliphatic rings. The summed E-state index contributed by atoms with van der Waals surface area (Å²) in [4.78, 5) is 13.4. The van der Waals surface area contributed by atoms with E-state index < -0.39 is 0 Å². The molecule has 0 aromatic carbocycles. The molecule has 0 aliphatic carbocycles. The van der Waals surface area contributed by atoms with Crippen molar-refractivity contribution >= 4 is 27.6 Å². The Kier molecular flexibility index (Phi) is 3.86. The number of halogens is 1. The molecule has 0 saturated carbocycles. The Morgan fingerprint density at radius 2 is 2.16 bits per heavy atom. The quantitative estimate of drug-likeness (QED) is 0.628. The molecule has 1 aromatic heterocycles. The predicted octanol–water partition coefficient (Wildman–Crippen LogP) is 1.20. The number of hydrogen-bond donors (Lipinski definition) is 2. The lowest BCUT2D eigenvalue weighted by Crippen LogP contribution is -2.55. The SMILES string of the molecule is NNc1ncnc(N2CCN3CCCCC3C2)c1Br. The zero-order valence-corrected chi connectivity index (χ0v) is 12.4. The third-order valence-corrected chi connectivity index (χ3v) is 4.77. The first-order chi connectivity index (χ1) is 9.29. The Morgan fingerprint density at radius 3 is 3.00 bits per heavy atom. The second-order valence-corrected chi connectivity index (χ2v) is 5.93. The van der Waals surface area contributed by atoms with Gasteiger partial charge in [-0.15, -0.1) is 0 Å². The minimum Gasteiger partial charge on any atom is -0.353 e. The van der Waals surface area contributed by atoms with Crippen LogP contribution in [0.25, 0.3) is 0 Å². The van der Waals surface area contributed by atoms with Gasteiger partial charge in [0, 0.05) is 25.7 Å². The molecular weight excluding hydrogens is 308 g/mol. The number of hydrazine groups is 1. The van der Waals surface area contributed by atoms with Gasteiger partial charge in [0.05, 0.1) is 0 Å². The third-order valence-electron chi connectivity index (χ3n) is 4.04. The van der Waals surface area contributed by atoms with Gasteiger partial charge in [-0.1, -0.05) is 6.42 Å². The first kappa shape index (κ1) is 13.1. The summed E-state index contributed by atoms with van der Waals surface area (Å²) in [6.07, 6.45) is 5.54. The van der Waals surface area contributed by atoms with Gasteiger partial charge < -0.3 is 10.3 Å². The average Bonchev–Trinajstić information content (AvgIpc) is 2.47. The maximum Gasteiger partial charge on any atom is 0.159 e. The topological polar surface area (TPSA) is 70.3 Å². The fraction of sp³-hybridized carbons (Fsp3) is 0.667. The van der Waals surface area contributed by atoms with Crippen molar-refractivity contribution in [2.24, 2.45) is 5.84 Å². The second-order valence-electron chi connectivity index (χ2n) is 5.14. The van der Waals surface area contributed by atoms with Crippen LogP contribution in [0.4, 0.5) is 11.6 Å². The van der Waals surface area contributed by atoms with Crippen molar-refractivity contribution in [1.29, 1.82) is 0 Å². The fourth-order valence-electron chi connectivity index (χ4n) is 3.03. The molecule has 0 amide bonds. The molecule has 0 radical (unpaired) electrons. The van der Waals surface area contributed by atoms with E-state index in [4.69, 9.17) is 5.84 Å². The molecule has 104 valence electrons. The van der Waals surface area contributed by atoms with Crippen LogP contribution in [-0.2, 0) is 0 Å². The smallest absolute Gasteiger partial charge is 0.159 e. The van der Waals surface area contributed by atoms with E-state index in [0.29, 0.717) is 11.9 Å². The van der Waals surface area contributed by atoms with Gasteiger partial charge in [-0.2, -0.15) is 0 Å².